The molecule has 3 rings (SSSR count). The maximum absolute atomic E-state index is 9.95. The van der Waals surface area contributed by atoms with Crippen molar-refractivity contribution in [1.29, 1.82) is 0 Å². The van der Waals surface area contributed by atoms with Crippen LogP contribution in [0.3, 0.4) is 0 Å². The zero-order valence-electron chi connectivity index (χ0n) is 18.2. The molecule has 0 aromatic heterocycles. The minimum atomic E-state index is -1.24. The smallest absolute Gasteiger partial charge is 0.530 e. The third-order valence-corrected chi connectivity index (χ3v) is 3.84. The minimum absolute atomic E-state index is 0. The SMILES string of the molecule is O=C([O-])NCc1ccccc1.O=C([O-])NCc1ccccc1.O=C([O-])NCc1ccccc1.[Nd+3]. The van der Waals surface area contributed by atoms with E-state index in [1.54, 1.807) is 0 Å². The first kappa shape index (κ1) is 30.8. The molecule has 9 nitrogen and oxygen atoms in total. The van der Waals surface area contributed by atoms with Crippen LogP contribution in [-0.2, 0) is 19.6 Å². The molecule has 0 saturated carbocycles. The van der Waals surface area contributed by atoms with Crippen LogP contribution in [0.4, 0.5) is 14.4 Å². The fourth-order valence-corrected chi connectivity index (χ4v) is 2.31. The van der Waals surface area contributed by atoms with Gasteiger partial charge in [0.2, 0.25) is 0 Å². The summed E-state index contributed by atoms with van der Waals surface area (Å²) in [5, 5.41) is 36.4. The molecular formula is C24H24N3NdO6. The summed E-state index contributed by atoms with van der Waals surface area (Å²) in [5.41, 5.74) is 2.78. The molecule has 3 N–H and O–H groups in total. The van der Waals surface area contributed by atoms with E-state index in [1.165, 1.54) is 0 Å². The zero-order chi connectivity index (χ0) is 24.3. The zero-order valence-corrected chi connectivity index (χ0v) is 21.4. The third-order valence-electron chi connectivity index (χ3n) is 3.84. The Hall–Kier alpha value is -3.18. The number of carboxylic acid groups (broad SMARTS) is 3. The van der Waals surface area contributed by atoms with Gasteiger partial charge in [0.05, 0.1) is 0 Å². The van der Waals surface area contributed by atoms with Crippen molar-refractivity contribution in [3.63, 3.8) is 0 Å². The Morgan fingerprint density at radius 3 is 0.853 bits per heavy atom. The van der Waals surface area contributed by atoms with E-state index in [9.17, 15) is 29.7 Å². The molecule has 3 aromatic carbocycles. The van der Waals surface area contributed by atoms with Gasteiger partial charge in [0.15, 0.2) is 0 Å². The van der Waals surface area contributed by atoms with Crippen LogP contribution in [0.2, 0.25) is 0 Å². The van der Waals surface area contributed by atoms with Crippen LogP contribution in [0.25, 0.3) is 0 Å². The van der Waals surface area contributed by atoms with E-state index >= 15 is 0 Å². The Labute approximate surface area is 230 Å². The largest absolute Gasteiger partial charge is 3.00 e. The molecular weight excluding hydrogens is 571 g/mol. The van der Waals surface area contributed by atoms with E-state index in [0.717, 1.165) is 16.7 Å². The van der Waals surface area contributed by atoms with Crippen molar-refractivity contribution in [1.82, 2.24) is 16.0 Å². The number of amides is 3. The summed E-state index contributed by atoms with van der Waals surface area (Å²) >= 11 is 0. The van der Waals surface area contributed by atoms with Gasteiger partial charge in [-0.1, -0.05) is 91.0 Å². The van der Waals surface area contributed by atoms with Crippen molar-refractivity contribution in [3.05, 3.63) is 108 Å². The van der Waals surface area contributed by atoms with Crippen LogP contribution in [0, 0.1) is 40.8 Å². The van der Waals surface area contributed by atoms with E-state index in [0.29, 0.717) is 19.6 Å². The molecule has 10 heteroatoms. The van der Waals surface area contributed by atoms with Gasteiger partial charge in [0, 0.05) is 19.6 Å². The molecule has 0 unspecified atom stereocenters. The Balaban J connectivity index is 0.000000473. The second-order valence-corrected chi connectivity index (χ2v) is 6.38. The number of benzene rings is 3. The van der Waals surface area contributed by atoms with Gasteiger partial charge in [-0.05, 0) is 16.7 Å². The molecule has 3 aromatic rings. The first-order valence-electron chi connectivity index (χ1n) is 9.83. The van der Waals surface area contributed by atoms with Gasteiger partial charge in [-0.15, -0.1) is 0 Å². The van der Waals surface area contributed by atoms with Gasteiger partial charge in [0.25, 0.3) is 0 Å². The third kappa shape index (κ3) is 17.4. The summed E-state index contributed by atoms with van der Waals surface area (Å²) < 4.78 is 0. The summed E-state index contributed by atoms with van der Waals surface area (Å²) in [6.45, 7) is 0.926. The molecule has 0 aliphatic heterocycles. The van der Waals surface area contributed by atoms with E-state index in [1.807, 2.05) is 91.0 Å². The molecule has 34 heavy (non-hydrogen) atoms. The molecule has 0 aliphatic rings. The number of nitrogens with one attached hydrogen (secondary N) is 3. The maximum atomic E-state index is 9.95. The predicted octanol–water partition coefficient (Wildman–Crippen LogP) is 0.359. The van der Waals surface area contributed by atoms with Crippen molar-refractivity contribution in [2.75, 3.05) is 0 Å². The van der Waals surface area contributed by atoms with Crippen molar-refractivity contribution in [3.8, 4) is 0 Å². The Bertz CT molecular complexity index is 833. The van der Waals surface area contributed by atoms with Gasteiger partial charge in [-0.25, -0.2) is 0 Å². The van der Waals surface area contributed by atoms with E-state index < -0.39 is 18.3 Å². The summed E-state index contributed by atoms with van der Waals surface area (Å²) in [4.78, 5) is 29.9. The standard InChI is InChI=1S/3C8H9NO2.Nd/c3*10-8(11)9-6-7-4-2-1-3-5-7;/h3*1-5,9H,6H2,(H,10,11);/q;;;+3/p-3. The molecule has 0 fully saturated rings. The first-order chi connectivity index (χ1) is 15.9. The van der Waals surface area contributed by atoms with Crippen LogP contribution < -0.4 is 31.3 Å². The fraction of sp³-hybridized carbons (Fsp3) is 0.125. The van der Waals surface area contributed by atoms with Crippen molar-refractivity contribution >= 4 is 18.3 Å². The molecule has 3 amide bonds. The topological polar surface area (TPSA) is 156 Å². The van der Waals surface area contributed by atoms with Gasteiger partial charge < -0.3 is 45.7 Å². The Morgan fingerprint density at radius 2 is 0.676 bits per heavy atom. The molecule has 0 atom stereocenters. The average Bonchev–Trinajstić information content (AvgIpc) is 2.83. The second-order valence-electron chi connectivity index (χ2n) is 6.38. The fourth-order valence-electron chi connectivity index (χ4n) is 2.31. The maximum Gasteiger partial charge on any atom is 3.00 e. The quantitative estimate of drug-likeness (QED) is 0.374. The van der Waals surface area contributed by atoms with Crippen LogP contribution in [0.1, 0.15) is 16.7 Å². The van der Waals surface area contributed by atoms with E-state index in [4.69, 9.17) is 0 Å². The van der Waals surface area contributed by atoms with Gasteiger partial charge in [-0.3, -0.25) is 0 Å². The predicted molar refractivity (Wildman–Crippen MR) is 116 cm³/mol. The number of hydrogen-bond acceptors (Lipinski definition) is 6. The summed E-state index contributed by atoms with van der Waals surface area (Å²) in [5.74, 6) is 0. The normalized spacial score (nSPS) is 8.82. The van der Waals surface area contributed by atoms with Crippen LogP contribution in [0.5, 0.6) is 0 Å². The van der Waals surface area contributed by atoms with Gasteiger partial charge in [0.1, 0.15) is 18.3 Å². The Kier molecular flexibility index (Phi) is 17.5. The average molecular weight is 595 g/mol. The van der Waals surface area contributed by atoms with Crippen LogP contribution in [-0.4, -0.2) is 18.3 Å². The molecule has 0 bridgehead atoms. The van der Waals surface area contributed by atoms with Crippen LogP contribution >= 0.6 is 0 Å². The molecule has 0 aliphatic carbocycles. The molecule has 1 radical (unpaired) electrons. The summed E-state index contributed by atoms with van der Waals surface area (Å²) in [6.07, 6.45) is -3.73. The molecule has 0 spiro atoms. The first-order valence-corrected chi connectivity index (χ1v) is 9.83. The number of carbonyl (C=O) groups excluding carboxylic acids is 3. The molecule has 0 saturated heterocycles. The van der Waals surface area contributed by atoms with E-state index in [-0.39, 0.29) is 40.8 Å². The van der Waals surface area contributed by atoms with Crippen LogP contribution in [0.15, 0.2) is 91.0 Å². The summed E-state index contributed by atoms with van der Waals surface area (Å²) in [6, 6.07) is 27.8. The van der Waals surface area contributed by atoms with Crippen molar-refractivity contribution in [2.24, 2.45) is 0 Å². The monoisotopic (exact) mass is 592 g/mol. The number of hydrogen-bond donors (Lipinski definition) is 3. The van der Waals surface area contributed by atoms with Gasteiger partial charge in [-0.2, -0.15) is 0 Å². The van der Waals surface area contributed by atoms with Gasteiger partial charge >= 0.3 is 40.8 Å². The van der Waals surface area contributed by atoms with E-state index in [2.05, 4.69) is 16.0 Å². The molecule has 175 valence electrons. The number of rotatable bonds is 6. The minimum Gasteiger partial charge on any atom is -0.530 e. The number of carbonyl (C=O) groups is 3. The van der Waals surface area contributed by atoms with Crippen molar-refractivity contribution < 1.29 is 70.5 Å². The Morgan fingerprint density at radius 1 is 0.471 bits per heavy atom. The van der Waals surface area contributed by atoms with Crippen molar-refractivity contribution in [2.45, 2.75) is 19.6 Å². The summed E-state index contributed by atoms with van der Waals surface area (Å²) in [7, 11) is 0. The second kappa shape index (κ2) is 19.3. The molecule has 0 heterocycles.